The predicted octanol–water partition coefficient (Wildman–Crippen LogP) is 2.00. The number of rotatable bonds is 7. The van der Waals surface area contributed by atoms with Crippen LogP contribution in [0.1, 0.15) is 27.2 Å². The van der Waals surface area contributed by atoms with Gasteiger partial charge in [-0.05, 0) is 45.5 Å². The Kier molecular flexibility index (Phi) is 6.49. The fourth-order valence-electron chi connectivity index (χ4n) is 1.82. The van der Waals surface area contributed by atoms with Crippen molar-refractivity contribution in [1.29, 1.82) is 0 Å². The van der Waals surface area contributed by atoms with Crippen LogP contribution in [0.2, 0.25) is 0 Å². The predicted molar refractivity (Wildman–Crippen MR) is 85.0 cm³/mol. The maximum Gasteiger partial charge on any atom is 0.238 e. The molecule has 0 aliphatic carbocycles. The van der Waals surface area contributed by atoms with Gasteiger partial charge in [0.1, 0.15) is 5.82 Å². The molecular weight excluding hydrogens is 285 g/mol. The molecule has 1 rings (SSSR count). The smallest absolute Gasteiger partial charge is 0.238 e. The molecule has 5 nitrogen and oxygen atoms in total. The number of amides is 2. The van der Waals surface area contributed by atoms with E-state index in [0.29, 0.717) is 5.69 Å². The molecule has 22 heavy (non-hydrogen) atoms. The molecule has 0 aliphatic heterocycles. The Morgan fingerprint density at radius 2 is 1.86 bits per heavy atom. The van der Waals surface area contributed by atoms with Gasteiger partial charge in [-0.1, -0.05) is 13.0 Å². The summed E-state index contributed by atoms with van der Waals surface area (Å²) in [7, 11) is 1.68. The minimum Gasteiger partial charge on any atom is -0.350 e. The molecule has 0 aliphatic rings. The molecule has 0 spiro atoms. The van der Waals surface area contributed by atoms with Crippen molar-refractivity contribution in [2.75, 3.05) is 25.5 Å². The molecular formula is C16H24FN3O2. The lowest BCUT2D eigenvalue weighted by Crippen LogP contribution is -2.47. The van der Waals surface area contributed by atoms with E-state index in [9.17, 15) is 14.0 Å². The van der Waals surface area contributed by atoms with E-state index in [1.54, 1.807) is 18.0 Å². The van der Waals surface area contributed by atoms with E-state index in [0.717, 1.165) is 6.42 Å². The van der Waals surface area contributed by atoms with E-state index < -0.39 is 5.82 Å². The third kappa shape index (κ3) is 6.67. The number of nitrogens with zero attached hydrogens (tertiary/aromatic N) is 1. The summed E-state index contributed by atoms with van der Waals surface area (Å²) in [6.45, 7) is 6.07. The van der Waals surface area contributed by atoms with Crippen molar-refractivity contribution < 1.29 is 14.0 Å². The Morgan fingerprint density at radius 3 is 2.45 bits per heavy atom. The highest BCUT2D eigenvalue weighted by molar-refractivity contribution is 5.92. The van der Waals surface area contributed by atoms with Crippen molar-refractivity contribution in [1.82, 2.24) is 10.2 Å². The minimum absolute atomic E-state index is 0.0521. The van der Waals surface area contributed by atoms with Crippen LogP contribution in [0.4, 0.5) is 10.1 Å². The average molecular weight is 309 g/mol. The second-order valence-electron chi connectivity index (χ2n) is 6.02. The second-order valence-corrected chi connectivity index (χ2v) is 6.02. The van der Waals surface area contributed by atoms with Crippen molar-refractivity contribution in [3.63, 3.8) is 0 Å². The fourth-order valence-corrected chi connectivity index (χ4v) is 1.82. The van der Waals surface area contributed by atoms with Crippen molar-refractivity contribution >= 4 is 17.5 Å². The zero-order valence-corrected chi connectivity index (χ0v) is 13.6. The number of benzene rings is 1. The largest absolute Gasteiger partial charge is 0.350 e. The number of carbonyl (C=O) groups excluding carboxylic acids is 2. The van der Waals surface area contributed by atoms with Crippen LogP contribution in [-0.4, -0.2) is 42.4 Å². The van der Waals surface area contributed by atoms with Crippen molar-refractivity contribution in [3.8, 4) is 0 Å². The summed E-state index contributed by atoms with van der Waals surface area (Å²) >= 11 is 0. The Morgan fingerprint density at radius 1 is 1.23 bits per heavy atom. The molecule has 6 heteroatoms. The second kappa shape index (κ2) is 7.89. The highest BCUT2D eigenvalue weighted by Crippen LogP contribution is 2.09. The standard InChI is InChI=1S/C16H24FN3O2/c1-5-16(2,3)19-15(22)11-20(4)10-14(21)18-13-8-6-7-12(17)9-13/h6-9H,5,10-11H2,1-4H3,(H,18,21)(H,19,22). The molecule has 1 aromatic carbocycles. The van der Waals surface area contributed by atoms with Gasteiger partial charge in [-0.15, -0.1) is 0 Å². The molecule has 122 valence electrons. The molecule has 0 atom stereocenters. The van der Waals surface area contributed by atoms with Gasteiger partial charge < -0.3 is 10.6 Å². The van der Waals surface area contributed by atoms with Crippen LogP contribution in [0.15, 0.2) is 24.3 Å². The number of carbonyl (C=O) groups is 2. The third-order valence-electron chi connectivity index (χ3n) is 3.30. The number of hydrogen-bond acceptors (Lipinski definition) is 3. The summed E-state index contributed by atoms with van der Waals surface area (Å²) in [6, 6.07) is 5.68. The van der Waals surface area contributed by atoms with Gasteiger partial charge in [0.2, 0.25) is 11.8 Å². The highest BCUT2D eigenvalue weighted by atomic mass is 19.1. The van der Waals surface area contributed by atoms with Gasteiger partial charge in [-0.3, -0.25) is 14.5 Å². The SMILES string of the molecule is CCC(C)(C)NC(=O)CN(C)CC(=O)Nc1cccc(F)c1. The maximum atomic E-state index is 13.0. The van der Waals surface area contributed by atoms with E-state index in [1.165, 1.54) is 18.2 Å². The van der Waals surface area contributed by atoms with Crippen LogP contribution >= 0.6 is 0 Å². The Hall–Kier alpha value is -1.95. The Bertz CT molecular complexity index is 532. The van der Waals surface area contributed by atoms with Crippen LogP contribution < -0.4 is 10.6 Å². The molecule has 0 saturated carbocycles. The first kappa shape index (κ1) is 18.1. The van der Waals surface area contributed by atoms with Gasteiger partial charge in [0.25, 0.3) is 0 Å². The fraction of sp³-hybridized carbons (Fsp3) is 0.500. The highest BCUT2D eigenvalue weighted by Gasteiger charge is 2.19. The summed E-state index contributed by atoms with van der Waals surface area (Å²) in [5.41, 5.74) is 0.136. The molecule has 1 aromatic rings. The average Bonchev–Trinajstić information content (AvgIpc) is 2.37. The normalized spacial score (nSPS) is 11.4. The van der Waals surface area contributed by atoms with Gasteiger partial charge in [-0.2, -0.15) is 0 Å². The lowest BCUT2D eigenvalue weighted by molar-refractivity contribution is -0.124. The summed E-state index contributed by atoms with van der Waals surface area (Å²) in [5.74, 6) is -0.837. The number of halogens is 1. The van der Waals surface area contributed by atoms with Crippen molar-refractivity contribution in [2.24, 2.45) is 0 Å². The van der Waals surface area contributed by atoms with Gasteiger partial charge in [0, 0.05) is 11.2 Å². The molecule has 0 bridgehead atoms. The first-order valence-corrected chi connectivity index (χ1v) is 7.27. The molecule has 0 aromatic heterocycles. The Balaban J connectivity index is 2.42. The molecule has 2 amide bonds. The number of nitrogens with one attached hydrogen (secondary N) is 2. The van der Waals surface area contributed by atoms with Crippen molar-refractivity contribution in [3.05, 3.63) is 30.1 Å². The molecule has 0 radical (unpaired) electrons. The zero-order chi connectivity index (χ0) is 16.8. The van der Waals surface area contributed by atoms with Gasteiger partial charge in [0.05, 0.1) is 13.1 Å². The summed E-state index contributed by atoms with van der Waals surface area (Å²) in [4.78, 5) is 25.3. The lowest BCUT2D eigenvalue weighted by atomic mass is 10.0. The molecule has 2 N–H and O–H groups in total. The van der Waals surface area contributed by atoms with E-state index in [4.69, 9.17) is 0 Å². The van der Waals surface area contributed by atoms with Crippen molar-refractivity contribution in [2.45, 2.75) is 32.7 Å². The number of anilines is 1. The third-order valence-corrected chi connectivity index (χ3v) is 3.30. The first-order chi connectivity index (χ1) is 10.2. The van der Waals surface area contributed by atoms with E-state index in [-0.39, 0.29) is 30.4 Å². The van der Waals surface area contributed by atoms with Crippen LogP contribution in [0.3, 0.4) is 0 Å². The van der Waals surface area contributed by atoms with Crippen LogP contribution in [0.25, 0.3) is 0 Å². The van der Waals surface area contributed by atoms with Gasteiger partial charge in [0.15, 0.2) is 0 Å². The molecule has 0 heterocycles. The van der Waals surface area contributed by atoms with Gasteiger partial charge >= 0.3 is 0 Å². The summed E-state index contributed by atoms with van der Waals surface area (Å²) < 4.78 is 13.0. The molecule has 0 saturated heterocycles. The van der Waals surface area contributed by atoms with Crippen LogP contribution in [-0.2, 0) is 9.59 Å². The topological polar surface area (TPSA) is 61.4 Å². The molecule has 0 fully saturated rings. The minimum atomic E-state index is -0.410. The first-order valence-electron chi connectivity index (χ1n) is 7.27. The lowest BCUT2D eigenvalue weighted by Gasteiger charge is -2.26. The van der Waals surface area contributed by atoms with Crippen LogP contribution in [0, 0.1) is 5.82 Å². The van der Waals surface area contributed by atoms with Crippen LogP contribution in [0.5, 0.6) is 0 Å². The van der Waals surface area contributed by atoms with E-state index in [1.807, 2.05) is 20.8 Å². The summed E-state index contributed by atoms with van der Waals surface area (Å²) in [5, 5.41) is 5.50. The maximum absolute atomic E-state index is 13.0. The Labute approximate surface area is 130 Å². The van der Waals surface area contributed by atoms with Gasteiger partial charge in [-0.25, -0.2) is 4.39 Å². The molecule has 0 unspecified atom stereocenters. The number of hydrogen-bond donors (Lipinski definition) is 2. The summed E-state index contributed by atoms with van der Waals surface area (Å²) in [6.07, 6.45) is 0.822. The monoisotopic (exact) mass is 309 g/mol. The quantitative estimate of drug-likeness (QED) is 0.810. The zero-order valence-electron chi connectivity index (χ0n) is 13.6. The van der Waals surface area contributed by atoms with E-state index >= 15 is 0 Å². The number of likely N-dealkylation sites (N-methyl/N-ethyl adjacent to an activating group) is 1. The van der Waals surface area contributed by atoms with E-state index in [2.05, 4.69) is 10.6 Å².